The number of fused-ring (bicyclic) bond motifs is 1. The predicted molar refractivity (Wildman–Crippen MR) is 63.7 cm³/mol. The smallest absolute Gasteiger partial charge is 0.289 e. The Morgan fingerprint density at radius 1 is 1.12 bits per heavy atom. The Hall–Kier alpha value is -2.43. The van der Waals surface area contributed by atoms with Gasteiger partial charge in [-0.3, -0.25) is 9.55 Å². The number of imidazole rings is 1. The highest BCUT2D eigenvalue weighted by molar-refractivity contribution is 5.64. The molecule has 0 fully saturated rings. The lowest BCUT2D eigenvalue weighted by Crippen LogP contribution is -2.17. The van der Waals surface area contributed by atoms with Gasteiger partial charge in [0.25, 0.3) is 0 Å². The zero-order valence-corrected chi connectivity index (χ0v) is 9.00. The Morgan fingerprint density at radius 3 is 2.71 bits per heavy atom. The van der Waals surface area contributed by atoms with Crippen LogP contribution in [0, 0.1) is 0 Å². The molecule has 0 spiro atoms. The predicted octanol–water partition coefficient (Wildman–Crippen LogP) is 1.17. The van der Waals surface area contributed by atoms with E-state index < -0.39 is 0 Å². The first-order valence-electron chi connectivity index (χ1n) is 5.28. The van der Waals surface area contributed by atoms with Crippen molar-refractivity contribution in [3.05, 3.63) is 58.8 Å². The van der Waals surface area contributed by atoms with Crippen molar-refractivity contribution in [1.82, 2.24) is 19.5 Å². The summed E-state index contributed by atoms with van der Waals surface area (Å²) in [4.78, 5) is 22.7. The van der Waals surface area contributed by atoms with Gasteiger partial charge in [0.1, 0.15) is 0 Å². The van der Waals surface area contributed by atoms with Gasteiger partial charge in [-0.25, -0.2) is 14.8 Å². The Kier molecular flexibility index (Phi) is 2.22. The van der Waals surface area contributed by atoms with E-state index in [1.165, 1.54) is 0 Å². The third-order valence-corrected chi connectivity index (χ3v) is 2.59. The summed E-state index contributed by atoms with van der Waals surface area (Å²) in [5, 5.41) is 0. The van der Waals surface area contributed by atoms with E-state index in [2.05, 4.69) is 15.0 Å². The topological polar surface area (TPSA) is 63.6 Å². The standard InChI is InChI=1S/C12H10N4O/c17-12-15-10-11(14-7-6-13-10)16(12)8-9-4-2-1-3-5-9/h1-7H,8H2,(H,13,15,17). The monoisotopic (exact) mass is 226 g/mol. The molecule has 0 amide bonds. The SMILES string of the molecule is O=c1[nH]c2nccnc2n1Cc1ccccc1. The van der Waals surface area contributed by atoms with E-state index in [1.807, 2.05) is 30.3 Å². The van der Waals surface area contributed by atoms with Gasteiger partial charge in [0.15, 0.2) is 11.3 Å². The summed E-state index contributed by atoms with van der Waals surface area (Å²) in [7, 11) is 0. The molecule has 5 nitrogen and oxygen atoms in total. The van der Waals surface area contributed by atoms with Crippen molar-refractivity contribution in [2.75, 3.05) is 0 Å². The fraction of sp³-hybridized carbons (Fsp3) is 0.0833. The number of aromatic amines is 1. The van der Waals surface area contributed by atoms with Crippen LogP contribution in [0.1, 0.15) is 5.56 Å². The number of H-pyrrole nitrogens is 1. The van der Waals surface area contributed by atoms with E-state index >= 15 is 0 Å². The first-order chi connectivity index (χ1) is 8.34. The largest absolute Gasteiger partial charge is 0.329 e. The van der Waals surface area contributed by atoms with Crippen LogP contribution >= 0.6 is 0 Å². The van der Waals surface area contributed by atoms with Gasteiger partial charge in [-0.15, -0.1) is 0 Å². The summed E-state index contributed by atoms with van der Waals surface area (Å²) in [5.74, 6) is 0. The van der Waals surface area contributed by atoms with Gasteiger partial charge in [-0.1, -0.05) is 30.3 Å². The van der Waals surface area contributed by atoms with E-state index in [9.17, 15) is 4.79 Å². The van der Waals surface area contributed by atoms with Crippen LogP contribution in [-0.2, 0) is 6.54 Å². The Morgan fingerprint density at radius 2 is 1.88 bits per heavy atom. The minimum absolute atomic E-state index is 0.185. The maximum atomic E-state index is 11.8. The molecule has 17 heavy (non-hydrogen) atoms. The number of benzene rings is 1. The van der Waals surface area contributed by atoms with Crippen LogP contribution in [0.25, 0.3) is 11.3 Å². The summed E-state index contributed by atoms with van der Waals surface area (Å²) in [6.45, 7) is 0.498. The van der Waals surface area contributed by atoms with Crippen molar-refractivity contribution >= 4 is 11.3 Å². The van der Waals surface area contributed by atoms with Gasteiger partial charge in [0.2, 0.25) is 0 Å². The van der Waals surface area contributed by atoms with Crippen LogP contribution in [-0.4, -0.2) is 19.5 Å². The molecule has 1 N–H and O–H groups in total. The molecule has 0 bridgehead atoms. The minimum Gasteiger partial charge on any atom is -0.289 e. The van der Waals surface area contributed by atoms with Gasteiger partial charge in [-0.05, 0) is 5.56 Å². The third kappa shape index (κ3) is 1.71. The molecule has 0 radical (unpaired) electrons. The lowest BCUT2D eigenvalue weighted by atomic mass is 10.2. The molecule has 0 aliphatic heterocycles. The molecule has 0 atom stereocenters. The van der Waals surface area contributed by atoms with E-state index in [0.717, 1.165) is 5.56 Å². The molecule has 5 heteroatoms. The summed E-state index contributed by atoms with van der Waals surface area (Å²) >= 11 is 0. The van der Waals surface area contributed by atoms with Gasteiger partial charge < -0.3 is 0 Å². The number of rotatable bonds is 2. The number of hydrogen-bond acceptors (Lipinski definition) is 3. The Labute approximate surface area is 96.8 Å². The van der Waals surface area contributed by atoms with Crippen molar-refractivity contribution < 1.29 is 0 Å². The highest BCUT2D eigenvalue weighted by Gasteiger charge is 2.08. The lowest BCUT2D eigenvalue weighted by molar-refractivity contribution is 0.778. The van der Waals surface area contributed by atoms with Crippen LogP contribution in [0.4, 0.5) is 0 Å². The summed E-state index contributed by atoms with van der Waals surface area (Å²) < 4.78 is 1.58. The summed E-state index contributed by atoms with van der Waals surface area (Å²) in [6, 6.07) is 9.78. The van der Waals surface area contributed by atoms with Crippen molar-refractivity contribution in [3.8, 4) is 0 Å². The normalized spacial score (nSPS) is 10.8. The Balaban J connectivity index is 2.12. The molecule has 2 aromatic heterocycles. The van der Waals surface area contributed by atoms with Crippen LogP contribution in [0.5, 0.6) is 0 Å². The molecule has 0 aliphatic rings. The molecular weight excluding hydrogens is 216 g/mol. The number of aromatic nitrogens is 4. The number of hydrogen-bond donors (Lipinski definition) is 1. The van der Waals surface area contributed by atoms with Crippen molar-refractivity contribution in [1.29, 1.82) is 0 Å². The van der Waals surface area contributed by atoms with Crippen molar-refractivity contribution in [3.63, 3.8) is 0 Å². The second-order valence-electron chi connectivity index (χ2n) is 3.73. The van der Waals surface area contributed by atoms with Crippen LogP contribution in [0.2, 0.25) is 0 Å². The third-order valence-electron chi connectivity index (χ3n) is 2.59. The number of nitrogens with zero attached hydrogens (tertiary/aromatic N) is 3. The van der Waals surface area contributed by atoms with Crippen molar-refractivity contribution in [2.45, 2.75) is 6.54 Å². The average Bonchev–Trinajstić information content (AvgIpc) is 2.68. The van der Waals surface area contributed by atoms with E-state index in [-0.39, 0.29) is 5.69 Å². The van der Waals surface area contributed by atoms with Gasteiger partial charge in [-0.2, -0.15) is 0 Å². The van der Waals surface area contributed by atoms with Gasteiger partial charge in [0.05, 0.1) is 6.54 Å². The maximum Gasteiger partial charge on any atom is 0.329 e. The van der Waals surface area contributed by atoms with Crippen LogP contribution in [0.3, 0.4) is 0 Å². The summed E-state index contributed by atoms with van der Waals surface area (Å²) in [6.07, 6.45) is 3.14. The molecular formula is C12H10N4O. The molecule has 1 aromatic carbocycles. The fourth-order valence-electron chi connectivity index (χ4n) is 1.79. The maximum absolute atomic E-state index is 11.8. The zero-order valence-electron chi connectivity index (χ0n) is 9.00. The molecule has 2 heterocycles. The fourth-order valence-corrected chi connectivity index (χ4v) is 1.79. The highest BCUT2D eigenvalue weighted by Crippen LogP contribution is 2.06. The van der Waals surface area contributed by atoms with Gasteiger partial charge in [0, 0.05) is 12.4 Å². The molecule has 84 valence electrons. The average molecular weight is 226 g/mol. The first kappa shape index (κ1) is 9.77. The number of nitrogens with one attached hydrogen (secondary N) is 1. The minimum atomic E-state index is -0.185. The summed E-state index contributed by atoms with van der Waals surface area (Å²) in [5.41, 5.74) is 1.98. The van der Waals surface area contributed by atoms with Gasteiger partial charge >= 0.3 is 5.69 Å². The molecule has 0 saturated heterocycles. The first-order valence-corrected chi connectivity index (χ1v) is 5.28. The molecule has 0 unspecified atom stereocenters. The zero-order chi connectivity index (χ0) is 11.7. The molecule has 0 aliphatic carbocycles. The van der Waals surface area contributed by atoms with Crippen molar-refractivity contribution in [2.24, 2.45) is 0 Å². The van der Waals surface area contributed by atoms with E-state index in [4.69, 9.17) is 0 Å². The molecule has 0 saturated carbocycles. The Bertz CT molecular complexity index is 699. The molecule has 3 rings (SSSR count). The van der Waals surface area contributed by atoms with E-state index in [0.29, 0.717) is 17.8 Å². The van der Waals surface area contributed by atoms with Crippen LogP contribution < -0.4 is 5.69 Å². The molecule has 3 aromatic rings. The lowest BCUT2D eigenvalue weighted by Gasteiger charge is -2.01. The van der Waals surface area contributed by atoms with E-state index in [1.54, 1.807) is 17.0 Å². The second kappa shape index (κ2) is 3.86. The highest BCUT2D eigenvalue weighted by atomic mass is 16.1. The quantitative estimate of drug-likeness (QED) is 0.713. The van der Waals surface area contributed by atoms with Crippen LogP contribution in [0.15, 0.2) is 47.5 Å². The second-order valence-corrected chi connectivity index (χ2v) is 3.73.